The van der Waals surface area contributed by atoms with Crippen LogP contribution in [-0.4, -0.2) is 66.1 Å². The Kier molecular flexibility index (Phi) is 8.60. The predicted octanol–water partition coefficient (Wildman–Crippen LogP) is 3.95. The number of carbonyl (C=O) groups excluding carboxylic acids is 2. The maximum absolute atomic E-state index is 12.9. The molecule has 2 N–H and O–H groups in total. The lowest BCUT2D eigenvalue weighted by Gasteiger charge is -2.46. The number of nitrogens with zero attached hydrogens (tertiary/aromatic N) is 3. The normalized spacial score (nSPS) is 17.6. The summed E-state index contributed by atoms with van der Waals surface area (Å²) in [6.45, 7) is 4.25. The second kappa shape index (κ2) is 11.9. The van der Waals surface area contributed by atoms with Gasteiger partial charge in [-0.15, -0.1) is 0 Å². The number of anilines is 1. The zero-order valence-corrected chi connectivity index (χ0v) is 21.4. The van der Waals surface area contributed by atoms with Crippen molar-refractivity contribution in [2.75, 3.05) is 45.1 Å². The number of nitro groups is 1. The summed E-state index contributed by atoms with van der Waals surface area (Å²) in [5, 5.41) is 17.2. The molecule has 2 aliphatic rings. The third-order valence-electron chi connectivity index (χ3n) is 7.36. The summed E-state index contributed by atoms with van der Waals surface area (Å²) in [5.74, 6) is 0.0860. The van der Waals surface area contributed by atoms with Crippen LogP contribution in [0.4, 0.5) is 11.4 Å². The van der Waals surface area contributed by atoms with Gasteiger partial charge in [-0.3, -0.25) is 19.7 Å². The summed E-state index contributed by atoms with van der Waals surface area (Å²) in [7, 11) is 1.83. The van der Waals surface area contributed by atoms with E-state index in [2.05, 4.69) is 14.9 Å². The number of non-ortho nitro benzene ring substituents is 1. The summed E-state index contributed by atoms with van der Waals surface area (Å²) in [6.07, 6.45) is 5.07. The van der Waals surface area contributed by atoms with Gasteiger partial charge in [-0.05, 0) is 73.9 Å². The van der Waals surface area contributed by atoms with E-state index in [1.54, 1.807) is 30.1 Å². The molecule has 36 heavy (non-hydrogen) atoms. The number of piperidine rings is 2. The minimum absolute atomic E-state index is 0.0860. The Hall–Kier alpha value is -2.95. The van der Waals surface area contributed by atoms with Crippen LogP contribution in [0, 0.1) is 15.5 Å². The number of rotatable bonds is 9. The quantitative estimate of drug-likeness (QED) is 0.226. The smallest absolute Gasteiger partial charge is 0.269 e. The van der Waals surface area contributed by atoms with E-state index in [4.69, 9.17) is 0 Å². The monoisotopic (exact) mass is 511 g/mol. The van der Waals surface area contributed by atoms with E-state index < -0.39 is 0 Å². The van der Waals surface area contributed by atoms with Crippen LogP contribution in [0.25, 0.3) is 0 Å². The zero-order chi connectivity index (χ0) is 25.5. The van der Waals surface area contributed by atoms with Crippen LogP contribution < -0.4 is 10.6 Å². The maximum Gasteiger partial charge on any atom is 0.269 e. The third kappa shape index (κ3) is 6.24. The molecule has 2 heterocycles. The van der Waals surface area contributed by atoms with E-state index in [0.717, 1.165) is 74.3 Å². The number of amides is 1. The molecule has 0 bridgehead atoms. The van der Waals surface area contributed by atoms with Gasteiger partial charge in [0.05, 0.1) is 11.5 Å². The van der Waals surface area contributed by atoms with Crippen molar-refractivity contribution in [1.82, 2.24) is 14.5 Å². The van der Waals surface area contributed by atoms with Gasteiger partial charge in [-0.2, -0.15) is 0 Å². The molecule has 0 aliphatic carbocycles. The molecule has 2 aromatic rings. The molecule has 1 spiro atoms. The highest BCUT2D eigenvalue weighted by Gasteiger charge is 2.38. The van der Waals surface area contributed by atoms with Gasteiger partial charge in [0.15, 0.2) is 0 Å². The molecule has 2 aliphatic heterocycles. The maximum atomic E-state index is 12.9. The summed E-state index contributed by atoms with van der Waals surface area (Å²) in [4.78, 5) is 37.7. The summed E-state index contributed by atoms with van der Waals surface area (Å²) < 4.78 is 2.34. The molecule has 10 heteroatoms. The molecule has 0 aromatic heterocycles. The Morgan fingerprint density at radius 1 is 1.08 bits per heavy atom. The second-order valence-electron chi connectivity index (χ2n) is 9.53. The lowest BCUT2D eigenvalue weighted by atomic mass is 9.71. The Labute approximate surface area is 215 Å². The Morgan fingerprint density at radius 2 is 1.75 bits per heavy atom. The highest BCUT2D eigenvalue weighted by molar-refractivity contribution is 7.97. The predicted molar refractivity (Wildman–Crippen MR) is 141 cm³/mol. The molecular formula is C26H33N5O4S. The Balaban J connectivity index is 1.24. The number of benzene rings is 2. The summed E-state index contributed by atoms with van der Waals surface area (Å²) >= 11 is 1.66. The number of nitro benzene ring substituents is 1. The molecule has 2 aromatic carbocycles. The molecule has 192 valence electrons. The molecule has 2 fully saturated rings. The van der Waals surface area contributed by atoms with Crippen molar-refractivity contribution in [1.29, 1.82) is 0 Å². The van der Waals surface area contributed by atoms with E-state index in [0.29, 0.717) is 12.1 Å². The van der Waals surface area contributed by atoms with Gasteiger partial charge in [-0.25, -0.2) is 4.31 Å². The minimum Gasteiger partial charge on any atom is -0.376 e. The fourth-order valence-electron chi connectivity index (χ4n) is 5.10. The number of likely N-dealkylation sites (tertiary alicyclic amines) is 1. The van der Waals surface area contributed by atoms with Gasteiger partial charge in [0.25, 0.3) is 5.69 Å². The molecule has 0 unspecified atom stereocenters. The lowest BCUT2D eigenvalue weighted by molar-refractivity contribution is -0.384. The number of nitrogens with one attached hydrogen (secondary N) is 2. The van der Waals surface area contributed by atoms with E-state index in [-0.39, 0.29) is 28.5 Å². The number of hydrogen-bond donors (Lipinski definition) is 2. The Morgan fingerprint density at radius 3 is 2.36 bits per heavy atom. The van der Waals surface area contributed by atoms with Gasteiger partial charge in [-0.1, -0.05) is 12.1 Å². The van der Waals surface area contributed by atoms with Crippen LogP contribution in [-0.2, 0) is 11.3 Å². The lowest BCUT2D eigenvalue weighted by Crippen LogP contribution is -2.48. The van der Waals surface area contributed by atoms with Gasteiger partial charge < -0.3 is 15.5 Å². The van der Waals surface area contributed by atoms with Crippen molar-refractivity contribution in [2.45, 2.75) is 37.1 Å². The molecule has 0 saturated carbocycles. The van der Waals surface area contributed by atoms with Gasteiger partial charge >= 0.3 is 0 Å². The van der Waals surface area contributed by atoms with Crippen molar-refractivity contribution < 1.29 is 14.5 Å². The van der Waals surface area contributed by atoms with E-state index in [1.165, 1.54) is 0 Å². The third-order valence-corrected chi connectivity index (χ3v) is 8.47. The summed E-state index contributed by atoms with van der Waals surface area (Å²) in [5.41, 5.74) is 2.71. The average Bonchev–Trinajstić information content (AvgIpc) is 2.90. The second-order valence-corrected chi connectivity index (χ2v) is 10.7. The first-order valence-electron chi connectivity index (χ1n) is 12.3. The van der Waals surface area contributed by atoms with Gasteiger partial charge in [0.2, 0.25) is 5.91 Å². The fraction of sp³-hybridized carbons (Fsp3) is 0.462. The van der Waals surface area contributed by atoms with Crippen molar-refractivity contribution in [2.24, 2.45) is 5.41 Å². The minimum atomic E-state index is -0.376. The first-order valence-corrected chi connectivity index (χ1v) is 13.1. The molecule has 9 nitrogen and oxygen atoms in total. The molecule has 2 saturated heterocycles. The summed E-state index contributed by atoms with van der Waals surface area (Å²) in [6, 6.07) is 12.2. The fourth-order valence-corrected chi connectivity index (χ4v) is 6.02. The van der Waals surface area contributed by atoms with E-state index >= 15 is 0 Å². The molecule has 0 atom stereocenters. The van der Waals surface area contributed by atoms with Crippen LogP contribution in [0.5, 0.6) is 0 Å². The molecular weight excluding hydrogens is 478 g/mol. The first kappa shape index (κ1) is 26.1. The van der Waals surface area contributed by atoms with Gasteiger partial charge in [0, 0.05) is 61.0 Å². The van der Waals surface area contributed by atoms with Gasteiger partial charge in [0.1, 0.15) is 6.29 Å². The highest BCUT2D eigenvalue weighted by atomic mass is 32.2. The Bertz CT molecular complexity index is 1080. The van der Waals surface area contributed by atoms with E-state index in [1.807, 2.05) is 36.2 Å². The number of aldehydes is 1. The zero-order valence-electron chi connectivity index (χ0n) is 20.6. The number of carbonyl (C=O) groups is 2. The van der Waals surface area contributed by atoms with Crippen LogP contribution in [0.2, 0.25) is 0 Å². The highest BCUT2D eigenvalue weighted by Crippen LogP contribution is 2.43. The van der Waals surface area contributed by atoms with Crippen molar-refractivity contribution in [3.8, 4) is 0 Å². The topological polar surface area (TPSA) is 108 Å². The molecule has 1 amide bonds. The van der Waals surface area contributed by atoms with Crippen LogP contribution >= 0.6 is 11.9 Å². The van der Waals surface area contributed by atoms with Crippen molar-refractivity contribution >= 4 is 35.5 Å². The SMILES string of the molecule is CNCc1c(C=O)cccc1NCC(=O)N1CCC2(CCN(Sc3ccc([N+](=O)[O-])cc3)CC2)CC1. The van der Waals surface area contributed by atoms with Crippen molar-refractivity contribution in [3.05, 3.63) is 63.7 Å². The molecule has 0 radical (unpaired) electrons. The van der Waals surface area contributed by atoms with Crippen LogP contribution in [0.3, 0.4) is 0 Å². The molecule has 4 rings (SSSR count). The number of hydrogen-bond acceptors (Lipinski definition) is 8. The van der Waals surface area contributed by atoms with Crippen LogP contribution in [0.15, 0.2) is 47.4 Å². The average molecular weight is 512 g/mol. The van der Waals surface area contributed by atoms with E-state index in [9.17, 15) is 19.7 Å². The van der Waals surface area contributed by atoms with Crippen molar-refractivity contribution in [3.63, 3.8) is 0 Å². The standard InChI is InChI=1S/C26H33N5O4S/c1-27-17-23-20(19-32)3-2-4-24(23)28-18-25(33)29-13-9-26(10-14-29)11-15-30(16-12-26)36-22-7-5-21(6-8-22)31(34)35/h2-8,19,27-28H,9-18H2,1H3. The largest absolute Gasteiger partial charge is 0.376 e. The first-order chi connectivity index (χ1) is 17.4. The van der Waals surface area contributed by atoms with Crippen LogP contribution in [0.1, 0.15) is 41.6 Å².